The molecule has 2 rings (SSSR count). The second-order valence-corrected chi connectivity index (χ2v) is 3.62. The number of halogens is 1. The molecule has 1 heterocycles. The molecule has 1 aromatic carbocycles. The van der Waals surface area contributed by atoms with Crippen molar-refractivity contribution in [1.29, 1.82) is 0 Å². The Hall–Kier alpha value is -2.37. The van der Waals surface area contributed by atoms with Crippen molar-refractivity contribution in [3.05, 3.63) is 41.3 Å². The van der Waals surface area contributed by atoms with E-state index in [9.17, 15) is 9.18 Å². The first-order valence-electron chi connectivity index (χ1n) is 4.94. The molecule has 0 aliphatic rings. The number of amides is 1. The van der Waals surface area contributed by atoms with E-state index in [1.165, 1.54) is 24.3 Å². The van der Waals surface area contributed by atoms with Gasteiger partial charge in [0.15, 0.2) is 0 Å². The number of H-pyrrole nitrogens is 1. The number of anilines is 2. The van der Waals surface area contributed by atoms with E-state index in [2.05, 4.69) is 15.5 Å². The molecule has 5 nitrogen and oxygen atoms in total. The van der Waals surface area contributed by atoms with Gasteiger partial charge in [0.05, 0.1) is 0 Å². The molecule has 0 aliphatic heterocycles. The van der Waals surface area contributed by atoms with E-state index in [-0.39, 0.29) is 23.2 Å². The zero-order valence-electron chi connectivity index (χ0n) is 9.12. The van der Waals surface area contributed by atoms with Gasteiger partial charge in [-0.3, -0.25) is 9.89 Å². The van der Waals surface area contributed by atoms with Crippen LogP contribution < -0.4 is 11.1 Å². The van der Waals surface area contributed by atoms with E-state index >= 15 is 0 Å². The summed E-state index contributed by atoms with van der Waals surface area (Å²) in [5.41, 5.74) is 6.83. The third-order valence-corrected chi connectivity index (χ3v) is 2.28. The van der Waals surface area contributed by atoms with Crippen molar-refractivity contribution in [3.8, 4) is 0 Å². The predicted molar refractivity (Wildman–Crippen MR) is 62.1 cm³/mol. The molecule has 0 bridgehead atoms. The van der Waals surface area contributed by atoms with Gasteiger partial charge in [-0.1, -0.05) is 0 Å². The number of hydrogen-bond donors (Lipinski definition) is 3. The second kappa shape index (κ2) is 4.25. The summed E-state index contributed by atoms with van der Waals surface area (Å²) in [4.78, 5) is 11.7. The van der Waals surface area contributed by atoms with Gasteiger partial charge in [0.25, 0.3) is 5.91 Å². The van der Waals surface area contributed by atoms with Crippen molar-refractivity contribution in [2.24, 2.45) is 0 Å². The predicted octanol–water partition coefficient (Wildman–Crippen LogP) is 1.69. The maximum Gasteiger partial charge on any atom is 0.273 e. The third-order valence-electron chi connectivity index (χ3n) is 2.28. The van der Waals surface area contributed by atoms with Crippen LogP contribution in [0.3, 0.4) is 0 Å². The molecule has 17 heavy (non-hydrogen) atoms. The molecular weight excluding hydrogens is 223 g/mol. The van der Waals surface area contributed by atoms with E-state index in [0.29, 0.717) is 11.3 Å². The van der Waals surface area contributed by atoms with Gasteiger partial charge in [-0.2, -0.15) is 5.10 Å². The SMILES string of the molecule is Cc1cc(F)ccc1NC(=O)c1cc(N)n[nH]1. The summed E-state index contributed by atoms with van der Waals surface area (Å²) in [5, 5.41) is 8.78. The first-order valence-corrected chi connectivity index (χ1v) is 4.94. The zero-order chi connectivity index (χ0) is 12.4. The summed E-state index contributed by atoms with van der Waals surface area (Å²) in [6.07, 6.45) is 0. The normalized spacial score (nSPS) is 10.2. The lowest BCUT2D eigenvalue weighted by molar-refractivity contribution is 0.102. The topological polar surface area (TPSA) is 83.8 Å². The van der Waals surface area contributed by atoms with Crippen LogP contribution in [-0.2, 0) is 0 Å². The number of carbonyl (C=O) groups is 1. The molecule has 0 saturated carbocycles. The maximum absolute atomic E-state index is 12.9. The number of aromatic nitrogens is 2. The number of carbonyl (C=O) groups excluding carboxylic acids is 1. The molecule has 0 radical (unpaired) electrons. The lowest BCUT2D eigenvalue weighted by Crippen LogP contribution is -2.13. The van der Waals surface area contributed by atoms with Crippen LogP contribution in [0.15, 0.2) is 24.3 Å². The van der Waals surface area contributed by atoms with Gasteiger partial charge in [0.2, 0.25) is 0 Å². The van der Waals surface area contributed by atoms with E-state index in [1.54, 1.807) is 6.92 Å². The van der Waals surface area contributed by atoms with Gasteiger partial charge in [-0.25, -0.2) is 4.39 Å². The van der Waals surface area contributed by atoms with Crippen LogP contribution in [0.2, 0.25) is 0 Å². The molecule has 0 saturated heterocycles. The quantitative estimate of drug-likeness (QED) is 0.739. The molecule has 1 aromatic heterocycles. The number of aryl methyl sites for hydroxylation is 1. The Morgan fingerprint density at radius 1 is 1.47 bits per heavy atom. The number of aromatic amines is 1. The molecular formula is C11H11FN4O. The Bertz CT molecular complexity index is 564. The number of nitrogens with two attached hydrogens (primary N) is 1. The number of nitrogens with zero attached hydrogens (tertiary/aromatic N) is 1. The van der Waals surface area contributed by atoms with Crippen molar-refractivity contribution in [2.75, 3.05) is 11.1 Å². The molecule has 0 aliphatic carbocycles. The van der Waals surface area contributed by atoms with Crippen LogP contribution in [0, 0.1) is 12.7 Å². The highest BCUT2D eigenvalue weighted by atomic mass is 19.1. The van der Waals surface area contributed by atoms with Gasteiger partial charge in [-0.05, 0) is 30.7 Å². The molecule has 1 amide bonds. The fourth-order valence-corrected chi connectivity index (χ4v) is 1.41. The number of benzene rings is 1. The highest BCUT2D eigenvalue weighted by Crippen LogP contribution is 2.16. The third kappa shape index (κ3) is 2.41. The number of nitrogens with one attached hydrogen (secondary N) is 2. The zero-order valence-corrected chi connectivity index (χ0v) is 9.12. The molecule has 6 heteroatoms. The lowest BCUT2D eigenvalue weighted by Gasteiger charge is -2.06. The number of rotatable bonds is 2. The Balaban J connectivity index is 2.18. The highest BCUT2D eigenvalue weighted by Gasteiger charge is 2.10. The number of hydrogen-bond acceptors (Lipinski definition) is 3. The fourth-order valence-electron chi connectivity index (χ4n) is 1.41. The lowest BCUT2D eigenvalue weighted by atomic mass is 10.2. The Morgan fingerprint density at radius 3 is 2.82 bits per heavy atom. The summed E-state index contributed by atoms with van der Waals surface area (Å²) in [7, 11) is 0. The molecule has 0 unspecified atom stereocenters. The van der Waals surface area contributed by atoms with Crippen LogP contribution >= 0.6 is 0 Å². The van der Waals surface area contributed by atoms with Gasteiger partial charge >= 0.3 is 0 Å². The van der Waals surface area contributed by atoms with Gasteiger partial charge in [0, 0.05) is 11.8 Å². The van der Waals surface area contributed by atoms with Crippen molar-refractivity contribution in [1.82, 2.24) is 10.2 Å². The standard InChI is InChI=1S/C11H11FN4O/c1-6-4-7(12)2-3-8(6)14-11(17)9-5-10(13)16-15-9/h2-5H,1H3,(H,14,17)(H3,13,15,16). The summed E-state index contributed by atoms with van der Waals surface area (Å²) in [6, 6.07) is 5.55. The maximum atomic E-state index is 12.9. The molecule has 0 fully saturated rings. The largest absolute Gasteiger partial charge is 0.382 e. The molecule has 0 atom stereocenters. The minimum absolute atomic E-state index is 0.242. The van der Waals surface area contributed by atoms with Crippen LogP contribution in [-0.4, -0.2) is 16.1 Å². The summed E-state index contributed by atoms with van der Waals surface area (Å²) >= 11 is 0. The van der Waals surface area contributed by atoms with Crippen LogP contribution in [0.5, 0.6) is 0 Å². The second-order valence-electron chi connectivity index (χ2n) is 3.62. The Labute approximate surface area is 96.8 Å². The van der Waals surface area contributed by atoms with Crippen LogP contribution in [0.25, 0.3) is 0 Å². The first-order chi connectivity index (χ1) is 8.06. The molecule has 2 aromatic rings. The first kappa shape index (κ1) is 11.1. The molecule has 4 N–H and O–H groups in total. The van der Waals surface area contributed by atoms with Crippen LogP contribution in [0.4, 0.5) is 15.9 Å². The van der Waals surface area contributed by atoms with Gasteiger partial charge in [-0.15, -0.1) is 0 Å². The van der Waals surface area contributed by atoms with E-state index in [4.69, 9.17) is 5.73 Å². The van der Waals surface area contributed by atoms with Gasteiger partial charge in [0.1, 0.15) is 17.3 Å². The fraction of sp³-hybridized carbons (Fsp3) is 0.0909. The monoisotopic (exact) mass is 234 g/mol. The van der Waals surface area contributed by atoms with E-state index in [1.807, 2.05) is 0 Å². The molecule has 0 spiro atoms. The smallest absolute Gasteiger partial charge is 0.273 e. The van der Waals surface area contributed by atoms with Crippen molar-refractivity contribution in [3.63, 3.8) is 0 Å². The Morgan fingerprint density at radius 2 is 2.24 bits per heavy atom. The minimum Gasteiger partial charge on any atom is -0.382 e. The Kier molecular flexibility index (Phi) is 2.78. The molecule has 88 valence electrons. The summed E-state index contributed by atoms with van der Waals surface area (Å²) < 4.78 is 12.9. The minimum atomic E-state index is -0.371. The van der Waals surface area contributed by atoms with E-state index in [0.717, 1.165) is 0 Å². The van der Waals surface area contributed by atoms with Crippen LogP contribution in [0.1, 0.15) is 16.1 Å². The summed E-state index contributed by atoms with van der Waals surface area (Å²) in [6.45, 7) is 1.71. The van der Waals surface area contributed by atoms with Gasteiger partial charge < -0.3 is 11.1 Å². The van der Waals surface area contributed by atoms with Crippen molar-refractivity contribution in [2.45, 2.75) is 6.92 Å². The van der Waals surface area contributed by atoms with Crippen molar-refractivity contribution >= 4 is 17.4 Å². The average Bonchev–Trinajstić information content (AvgIpc) is 2.69. The van der Waals surface area contributed by atoms with Crippen molar-refractivity contribution < 1.29 is 9.18 Å². The highest BCUT2D eigenvalue weighted by molar-refractivity contribution is 6.03. The van der Waals surface area contributed by atoms with E-state index < -0.39 is 0 Å². The number of nitrogen functional groups attached to an aromatic ring is 1. The summed E-state index contributed by atoms with van der Waals surface area (Å²) in [5.74, 6) is -0.471. The average molecular weight is 234 g/mol.